The highest BCUT2D eigenvalue weighted by molar-refractivity contribution is 8.77. The van der Waals surface area contributed by atoms with E-state index in [1.165, 1.54) is 0 Å². The molecule has 0 aromatic carbocycles. The third kappa shape index (κ3) is 5.74. The quantitative estimate of drug-likeness (QED) is 0.264. The molecule has 0 saturated heterocycles. The van der Waals surface area contributed by atoms with E-state index in [0.717, 1.165) is 21.6 Å². The Morgan fingerprint density at radius 1 is 1.18 bits per heavy atom. The van der Waals surface area contributed by atoms with E-state index in [2.05, 4.69) is 0 Å². The molecular weight excluding hydrogens is 188 g/mol. The Morgan fingerprint density at radius 3 is 2.09 bits per heavy atom. The average molecular weight is 200 g/mol. The molecule has 11 heavy (non-hydrogen) atoms. The number of hydrogen-bond donors (Lipinski definition) is 5. The van der Waals surface area contributed by atoms with Gasteiger partial charge in [-0.2, -0.15) is 0 Å². The first kappa shape index (κ1) is 11.5. The second-order valence-electron chi connectivity index (χ2n) is 1.76. The molecule has 3 atom stereocenters. The maximum Gasteiger partial charge on any atom is 0.148 e. The Hall–Kier alpha value is 0.500. The van der Waals surface area contributed by atoms with Gasteiger partial charge in [0.2, 0.25) is 0 Å². The fourth-order valence-corrected chi connectivity index (χ4v) is 1.96. The van der Waals surface area contributed by atoms with Crippen molar-refractivity contribution in [1.82, 2.24) is 0 Å². The van der Waals surface area contributed by atoms with Gasteiger partial charge in [-0.15, -0.1) is 0 Å². The second kappa shape index (κ2) is 6.06. The van der Waals surface area contributed by atoms with E-state index in [1.54, 1.807) is 0 Å². The van der Waals surface area contributed by atoms with Crippen LogP contribution in [0.4, 0.5) is 0 Å². The maximum absolute atomic E-state index is 8.89. The van der Waals surface area contributed by atoms with Crippen LogP contribution in [0.25, 0.3) is 0 Å². The summed E-state index contributed by atoms with van der Waals surface area (Å²) in [5, 5.41) is 26.3. The lowest BCUT2D eigenvalue weighted by Gasteiger charge is -2.13. The summed E-state index contributed by atoms with van der Waals surface area (Å²) in [5.41, 5.74) is 8.16. The molecule has 7 heteroatoms. The first-order valence-corrected chi connectivity index (χ1v) is 5.17. The van der Waals surface area contributed by atoms with Gasteiger partial charge in [0.05, 0.1) is 0 Å². The topological polar surface area (TPSA) is 113 Å². The highest BCUT2D eigenvalue weighted by Gasteiger charge is 2.14. The van der Waals surface area contributed by atoms with Crippen LogP contribution in [0.1, 0.15) is 0 Å². The Balaban J connectivity index is 3.37. The molecule has 0 aliphatic rings. The lowest BCUT2D eigenvalue weighted by Crippen LogP contribution is -2.31. The van der Waals surface area contributed by atoms with Crippen molar-refractivity contribution in [3.05, 3.63) is 0 Å². The Bertz CT molecular complexity index is 105. The average Bonchev–Trinajstić information content (AvgIpc) is 1.99. The molecular formula is C4H12N2O3S2. The summed E-state index contributed by atoms with van der Waals surface area (Å²) in [4.78, 5) is 0. The van der Waals surface area contributed by atoms with Gasteiger partial charge in [0, 0.05) is 6.54 Å². The molecule has 0 heterocycles. The van der Waals surface area contributed by atoms with Gasteiger partial charge in [0.1, 0.15) is 17.1 Å². The number of aliphatic hydroxyl groups is 3. The summed E-state index contributed by atoms with van der Waals surface area (Å²) in [6.07, 6.45) is -1.29. The van der Waals surface area contributed by atoms with E-state index in [0.29, 0.717) is 0 Å². The van der Waals surface area contributed by atoms with Crippen molar-refractivity contribution in [3.8, 4) is 0 Å². The molecule has 0 aliphatic heterocycles. The molecule has 0 bridgehead atoms. The normalized spacial score (nSPS) is 19.4. The monoisotopic (exact) mass is 200 g/mol. The van der Waals surface area contributed by atoms with Gasteiger partial charge in [-0.05, 0) is 0 Å². The van der Waals surface area contributed by atoms with Crippen LogP contribution in [0, 0.1) is 0 Å². The zero-order chi connectivity index (χ0) is 8.85. The standard InChI is InChI=1S/C4H12N2O3S2/c5-1-2(7)10-11-4(9)3(6)8/h2-4,7-9H,1,5-6H2. The summed E-state index contributed by atoms with van der Waals surface area (Å²) in [6, 6.07) is 0. The van der Waals surface area contributed by atoms with Gasteiger partial charge in [-0.1, -0.05) is 21.6 Å². The maximum atomic E-state index is 8.89. The van der Waals surface area contributed by atoms with Crippen LogP contribution in [-0.4, -0.2) is 39.0 Å². The summed E-state index contributed by atoms with van der Waals surface area (Å²) in [6.45, 7) is 0.102. The van der Waals surface area contributed by atoms with Crippen LogP contribution in [0.2, 0.25) is 0 Å². The number of nitrogens with two attached hydrogens (primary N) is 2. The third-order valence-electron chi connectivity index (χ3n) is 0.759. The van der Waals surface area contributed by atoms with Crippen LogP contribution < -0.4 is 11.5 Å². The van der Waals surface area contributed by atoms with E-state index in [4.69, 9.17) is 26.8 Å². The van der Waals surface area contributed by atoms with Gasteiger partial charge in [0.25, 0.3) is 0 Å². The lowest BCUT2D eigenvalue weighted by atomic mass is 10.6. The third-order valence-corrected chi connectivity index (χ3v) is 3.35. The summed E-state index contributed by atoms with van der Waals surface area (Å²) in [7, 11) is 1.85. The molecule has 3 unspecified atom stereocenters. The molecule has 7 N–H and O–H groups in total. The van der Waals surface area contributed by atoms with Crippen LogP contribution in [0.3, 0.4) is 0 Å². The zero-order valence-electron chi connectivity index (χ0n) is 5.75. The molecule has 0 aliphatic carbocycles. The minimum absolute atomic E-state index is 0.102. The fourth-order valence-electron chi connectivity index (χ4n) is 0.217. The van der Waals surface area contributed by atoms with Gasteiger partial charge in [-0.3, -0.25) is 0 Å². The molecule has 0 rings (SSSR count). The molecule has 0 aromatic heterocycles. The van der Waals surface area contributed by atoms with Crippen molar-refractivity contribution < 1.29 is 15.3 Å². The number of rotatable bonds is 5. The van der Waals surface area contributed by atoms with Crippen molar-refractivity contribution in [2.45, 2.75) is 17.1 Å². The SMILES string of the molecule is NCC(O)SSC(O)C(N)O. The first-order chi connectivity index (χ1) is 5.07. The van der Waals surface area contributed by atoms with E-state index >= 15 is 0 Å². The number of aliphatic hydroxyl groups excluding tert-OH is 3. The van der Waals surface area contributed by atoms with Gasteiger partial charge < -0.3 is 26.8 Å². The highest BCUT2D eigenvalue weighted by atomic mass is 33.1. The molecule has 0 fully saturated rings. The van der Waals surface area contributed by atoms with Crippen LogP contribution in [0.15, 0.2) is 0 Å². The molecule has 0 radical (unpaired) electrons. The molecule has 5 nitrogen and oxygen atoms in total. The summed E-state index contributed by atoms with van der Waals surface area (Å²) >= 11 is 0. The van der Waals surface area contributed by atoms with E-state index in [-0.39, 0.29) is 6.54 Å². The van der Waals surface area contributed by atoms with Crippen molar-refractivity contribution >= 4 is 21.6 Å². The zero-order valence-corrected chi connectivity index (χ0v) is 7.38. The number of hydrogen-bond acceptors (Lipinski definition) is 7. The Kier molecular flexibility index (Phi) is 6.34. The van der Waals surface area contributed by atoms with Crippen LogP contribution in [0.5, 0.6) is 0 Å². The van der Waals surface area contributed by atoms with E-state index in [9.17, 15) is 0 Å². The second-order valence-corrected chi connectivity index (χ2v) is 4.33. The summed E-state index contributed by atoms with van der Waals surface area (Å²) < 4.78 is 0. The van der Waals surface area contributed by atoms with E-state index in [1.807, 2.05) is 0 Å². The van der Waals surface area contributed by atoms with Crippen molar-refractivity contribution in [2.24, 2.45) is 11.5 Å². The fraction of sp³-hybridized carbons (Fsp3) is 1.00. The largest absolute Gasteiger partial charge is 0.380 e. The van der Waals surface area contributed by atoms with Crippen LogP contribution in [-0.2, 0) is 0 Å². The molecule has 0 aromatic rings. The predicted molar refractivity (Wildman–Crippen MR) is 46.4 cm³/mol. The Morgan fingerprint density at radius 2 is 1.73 bits per heavy atom. The molecule has 0 saturated carbocycles. The first-order valence-electron chi connectivity index (χ1n) is 2.90. The summed E-state index contributed by atoms with van der Waals surface area (Å²) in [5.74, 6) is 0. The van der Waals surface area contributed by atoms with Crippen molar-refractivity contribution in [2.75, 3.05) is 6.54 Å². The van der Waals surface area contributed by atoms with Gasteiger partial charge in [0.15, 0.2) is 0 Å². The van der Waals surface area contributed by atoms with Gasteiger partial charge >= 0.3 is 0 Å². The van der Waals surface area contributed by atoms with Gasteiger partial charge in [-0.25, -0.2) is 0 Å². The molecule has 0 amide bonds. The highest BCUT2D eigenvalue weighted by Crippen LogP contribution is 2.28. The Labute approximate surface area is 72.5 Å². The lowest BCUT2D eigenvalue weighted by molar-refractivity contribution is 0.0793. The minimum Gasteiger partial charge on any atom is -0.380 e. The predicted octanol–water partition coefficient (Wildman–Crippen LogP) is -1.76. The van der Waals surface area contributed by atoms with Crippen LogP contribution >= 0.6 is 21.6 Å². The van der Waals surface area contributed by atoms with Crippen molar-refractivity contribution in [1.29, 1.82) is 0 Å². The molecule has 68 valence electrons. The van der Waals surface area contributed by atoms with Crippen molar-refractivity contribution in [3.63, 3.8) is 0 Å². The minimum atomic E-state index is -1.29. The smallest absolute Gasteiger partial charge is 0.148 e. The molecule has 0 spiro atoms. The van der Waals surface area contributed by atoms with E-state index < -0.39 is 17.1 Å².